The molecule has 253 valence electrons. The third-order valence-corrected chi connectivity index (χ3v) is 9.66. The molecule has 4 heteroatoms. The van der Waals surface area contributed by atoms with E-state index in [1.165, 1.54) is 54.4 Å². The van der Waals surface area contributed by atoms with E-state index in [2.05, 4.69) is 105 Å². The molecule has 0 saturated heterocycles. The molecule has 3 nitrogen and oxygen atoms in total. The van der Waals surface area contributed by atoms with Crippen LogP contribution in [0.15, 0.2) is 132 Å². The maximum atomic E-state index is 6.52. The number of furan rings is 1. The Morgan fingerprint density at radius 2 is 1.44 bits per heavy atom. The van der Waals surface area contributed by atoms with E-state index < -0.39 is 0 Å². The van der Waals surface area contributed by atoms with Crippen LogP contribution in [-0.2, 0) is 20.1 Å². The summed E-state index contributed by atoms with van der Waals surface area (Å²) in [5.74, 6) is 2.05. The van der Waals surface area contributed by atoms with E-state index in [1.54, 1.807) is 6.20 Å². The number of aryl methyl sites for hydroxylation is 1. The second-order valence-corrected chi connectivity index (χ2v) is 13.3. The average Bonchev–Trinajstić information content (AvgIpc) is 3.52. The van der Waals surface area contributed by atoms with Gasteiger partial charge < -0.3 is 14.4 Å². The van der Waals surface area contributed by atoms with Gasteiger partial charge in [0.05, 0.1) is 5.58 Å². The Morgan fingerprint density at radius 3 is 2.14 bits per heavy atom. The van der Waals surface area contributed by atoms with Crippen LogP contribution in [0.3, 0.4) is 0 Å². The number of rotatable bonds is 6. The molecule has 0 amide bonds. The zero-order chi connectivity index (χ0) is 33.6. The van der Waals surface area contributed by atoms with Crippen LogP contribution in [0.5, 0.6) is 0 Å². The molecule has 4 aromatic carbocycles. The van der Waals surface area contributed by atoms with E-state index in [0.717, 1.165) is 50.4 Å². The summed E-state index contributed by atoms with van der Waals surface area (Å²) in [6.45, 7) is 6.60. The molecule has 3 aromatic heterocycles. The zero-order valence-electron chi connectivity index (χ0n) is 29.0. The number of aromatic nitrogens is 2. The summed E-state index contributed by atoms with van der Waals surface area (Å²) in [6, 6.07) is 46.6. The minimum absolute atomic E-state index is 0. The van der Waals surface area contributed by atoms with Crippen molar-refractivity contribution in [2.75, 3.05) is 0 Å². The summed E-state index contributed by atoms with van der Waals surface area (Å²) in [7, 11) is 0. The molecular weight excluding hydrogens is 789 g/mol. The van der Waals surface area contributed by atoms with Crippen molar-refractivity contribution in [2.24, 2.45) is 0 Å². The zero-order valence-corrected chi connectivity index (χ0v) is 31.3. The van der Waals surface area contributed by atoms with Crippen LogP contribution in [0.25, 0.3) is 55.9 Å². The molecule has 1 fully saturated rings. The molecule has 1 aliphatic carbocycles. The fraction of sp³-hybridized carbons (Fsp3) is 0.217. The molecule has 0 N–H and O–H groups in total. The smallest absolute Gasteiger partial charge is 0.126 e. The van der Waals surface area contributed by atoms with Crippen LogP contribution in [0.4, 0.5) is 0 Å². The van der Waals surface area contributed by atoms with Crippen molar-refractivity contribution >= 4 is 11.0 Å². The first-order valence-corrected chi connectivity index (χ1v) is 17.5. The van der Waals surface area contributed by atoms with Crippen LogP contribution in [0, 0.1) is 19.1 Å². The van der Waals surface area contributed by atoms with Gasteiger partial charge in [0.2, 0.25) is 0 Å². The maximum Gasteiger partial charge on any atom is 0.126 e. The summed E-state index contributed by atoms with van der Waals surface area (Å²) >= 11 is 0. The van der Waals surface area contributed by atoms with Crippen molar-refractivity contribution < 1.29 is 24.5 Å². The number of hydrogen-bond acceptors (Lipinski definition) is 3. The van der Waals surface area contributed by atoms with Crippen molar-refractivity contribution in [2.45, 2.75) is 64.7 Å². The molecule has 3 heterocycles. The Kier molecular flexibility index (Phi) is 11.5. The normalized spacial score (nSPS) is 13.0. The van der Waals surface area contributed by atoms with Crippen molar-refractivity contribution in [1.82, 2.24) is 9.97 Å². The van der Waals surface area contributed by atoms with Gasteiger partial charge in [0.15, 0.2) is 0 Å². The van der Waals surface area contributed by atoms with E-state index in [0.29, 0.717) is 11.8 Å². The summed E-state index contributed by atoms with van der Waals surface area (Å²) < 4.78 is 6.52. The predicted octanol–water partition coefficient (Wildman–Crippen LogP) is 12.7. The fourth-order valence-corrected chi connectivity index (χ4v) is 6.93. The largest absolute Gasteiger partial charge is 0.476 e. The average molecular weight is 831 g/mol. The van der Waals surface area contributed by atoms with Gasteiger partial charge in [-0.2, -0.15) is 0 Å². The molecule has 0 atom stereocenters. The Balaban J connectivity index is 0.000000281. The summed E-state index contributed by atoms with van der Waals surface area (Å²) in [4.78, 5) is 8.94. The van der Waals surface area contributed by atoms with Crippen molar-refractivity contribution in [3.63, 3.8) is 0 Å². The van der Waals surface area contributed by atoms with E-state index in [9.17, 15) is 0 Å². The van der Waals surface area contributed by atoms with Gasteiger partial charge in [-0.15, -0.1) is 47.5 Å². The SMILES string of the molecule is Cc1c(-c2ccccc2)oc2[c-]c(-c3cc(C(C)C)ccn3)cc(-c3ccc(C4CCCCC4)cc3)c12.[Ir].[c-]1ccccc1-c1ccccn1. The van der Waals surface area contributed by atoms with Gasteiger partial charge in [0.1, 0.15) is 5.76 Å². The first-order valence-electron chi connectivity index (χ1n) is 17.5. The van der Waals surface area contributed by atoms with Gasteiger partial charge in [0.25, 0.3) is 0 Å². The van der Waals surface area contributed by atoms with Crippen LogP contribution < -0.4 is 0 Å². The molecule has 0 spiro atoms. The molecule has 8 rings (SSSR count). The Bertz CT molecular complexity index is 2080. The number of nitrogens with zero attached hydrogens (tertiary/aromatic N) is 2. The van der Waals surface area contributed by atoms with Gasteiger partial charge in [-0.1, -0.05) is 128 Å². The molecule has 0 unspecified atom stereocenters. The van der Waals surface area contributed by atoms with Crippen molar-refractivity contribution in [1.29, 1.82) is 0 Å². The van der Waals surface area contributed by atoms with Gasteiger partial charge in [-0.05, 0) is 71.8 Å². The van der Waals surface area contributed by atoms with E-state index in [1.807, 2.05) is 54.7 Å². The second-order valence-electron chi connectivity index (χ2n) is 13.3. The summed E-state index contributed by atoms with van der Waals surface area (Å²) in [6.07, 6.45) is 10.4. The third kappa shape index (κ3) is 7.88. The summed E-state index contributed by atoms with van der Waals surface area (Å²) in [5.41, 5.74) is 12.1. The molecule has 1 aliphatic rings. The predicted molar refractivity (Wildman–Crippen MR) is 202 cm³/mol. The Morgan fingerprint density at radius 1 is 0.700 bits per heavy atom. The van der Waals surface area contributed by atoms with Gasteiger partial charge in [-0.3, -0.25) is 0 Å². The van der Waals surface area contributed by atoms with E-state index in [4.69, 9.17) is 9.40 Å². The van der Waals surface area contributed by atoms with Gasteiger partial charge >= 0.3 is 0 Å². The minimum Gasteiger partial charge on any atom is -0.476 e. The Labute approximate surface area is 310 Å². The topological polar surface area (TPSA) is 38.9 Å². The molecule has 0 bridgehead atoms. The third-order valence-electron chi connectivity index (χ3n) is 9.66. The van der Waals surface area contributed by atoms with E-state index >= 15 is 0 Å². The second kappa shape index (κ2) is 16.4. The molecule has 0 aliphatic heterocycles. The molecule has 7 aromatic rings. The molecule has 1 saturated carbocycles. The van der Waals surface area contributed by atoms with Gasteiger partial charge in [0, 0.05) is 38.1 Å². The number of hydrogen-bond donors (Lipinski definition) is 0. The van der Waals surface area contributed by atoms with Crippen LogP contribution >= 0.6 is 0 Å². The molecule has 50 heavy (non-hydrogen) atoms. The molecule has 1 radical (unpaired) electrons. The number of benzene rings is 4. The van der Waals surface area contributed by atoms with Gasteiger partial charge in [-0.25, -0.2) is 0 Å². The summed E-state index contributed by atoms with van der Waals surface area (Å²) in [5, 5.41) is 1.13. The molecular formula is C46H42IrN2O-2. The van der Waals surface area contributed by atoms with E-state index in [-0.39, 0.29) is 20.1 Å². The fourth-order valence-electron chi connectivity index (χ4n) is 6.93. The minimum atomic E-state index is 0. The van der Waals surface area contributed by atoms with Crippen LogP contribution in [0.1, 0.15) is 74.5 Å². The standard InChI is InChI=1S/C35H34NO.C11H8N.Ir/c1-23(2)29-18-19-36-32(21-29)30-20-31(27-16-14-26(15-17-27)25-10-6-4-7-11-25)34-24(3)35(37-33(34)22-30)28-12-8-5-9-13-28;1-2-6-10(7-3-1)11-8-4-5-9-12-11;/h5,8-9,12-21,23,25H,4,6-7,10-11H2,1-3H3;1-6,8-9H;/q2*-1;. The van der Waals surface area contributed by atoms with Crippen molar-refractivity contribution in [3.05, 3.63) is 156 Å². The van der Waals surface area contributed by atoms with Crippen molar-refractivity contribution in [3.8, 4) is 45.0 Å². The van der Waals surface area contributed by atoms with Crippen LogP contribution in [0.2, 0.25) is 0 Å². The monoisotopic (exact) mass is 831 g/mol. The number of pyridine rings is 2. The maximum absolute atomic E-state index is 6.52. The first-order chi connectivity index (χ1) is 24.0. The quantitative estimate of drug-likeness (QED) is 0.157. The van der Waals surface area contributed by atoms with Crippen LogP contribution in [-0.4, -0.2) is 9.97 Å². The first kappa shape index (κ1) is 35.2. The Hall–Kier alpha value is -4.63. The number of fused-ring (bicyclic) bond motifs is 1.